The predicted octanol–water partition coefficient (Wildman–Crippen LogP) is 5.55. The zero-order valence-corrected chi connectivity index (χ0v) is 17.0. The van der Waals surface area contributed by atoms with Gasteiger partial charge in [0.2, 0.25) is 0 Å². The molecule has 4 rings (SSSR count). The van der Waals surface area contributed by atoms with Gasteiger partial charge >= 0.3 is 0 Å². The minimum Gasteiger partial charge on any atom is -0.464 e. The number of hydrogen-bond acceptors (Lipinski definition) is 6. The molecule has 0 bridgehead atoms. The number of hydrogen-bond donors (Lipinski definition) is 1. The average Bonchev–Trinajstić information content (AvgIpc) is 3.36. The molecule has 5 nitrogen and oxygen atoms in total. The molecule has 3 aromatic heterocycles. The van der Waals surface area contributed by atoms with Crippen molar-refractivity contribution in [2.24, 2.45) is 0 Å². The van der Waals surface area contributed by atoms with Gasteiger partial charge in [-0.3, -0.25) is 4.72 Å². The Morgan fingerprint density at radius 2 is 1.78 bits per heavy atom. The van der Waals surface area contributed by atoms with E-state index in [-0.39, 0.29) is 4.21 Å². The van der Waals surface area contributed by atoms with Crippen LogP contribution in [0.5, 0.6) is 0 Å². The standard InChI is InChI=1S/C19H16N2O3S3/c1-12-19(25-13(2)20-12)17-9-10-18(26-17)27(22,23)21-15-7-5-14(6-8-15)16-4-3-11-24-16/h3-11,21H,1-2H3. The summed E-state index contributed by atoms with van der Waals surface area (Å²) >= 11 is 2.82. The van der Waals surface area contributed by atoms with E-state index in [4.69, 9.17) is 4.42 Å². The van der Waals surface area contributed by atoms with Crippen LogP contribution in [0.2, 0.25) is 0 Å². The summed E-state index contributed by atoms with van der Waals surface area (Å²) in [5.41, 5.74) is 2.31. The maximum Gasteiger partial charge on any atom is 0.271 e. The second-order valence-corrected chi connectivity index (χ2v) is 10.1. The van der Waals surface area contributed by atoms with Gasteiger partial charge in [0.1, 0.15) is 9.97 Å². The highest BCUT2D eigenvalue weighted by atomic mass is 32.2. The second-order valence-electron chi connectivity index (χ2n) is 5.93. The fraction of sp³-hybridized carbons (Fsp3) is 0.105. The highest BCUT2D eigenvalue weighted by Crippen LogP contribution is 2.37. The summed E-state index contributed by atoms with van der Waals surface area (Å²) in [6, 6.07) is 14.2. The molecule has 0 atom stereocenters. The highest BCUT2D eigenvalue weighted by molar-refractivity contribution is 7.94. The molecule has 0 aliphatic heterocycles. The first-order chi connectivity index (χ1) is 12.9. The van der Waals surface area contributed by atoms with Crippen LogP contribution >= 0.6 is 22.7 Å². The highest BCUT2D eigenvalue weighted by Gasteiger charge is 2.19. The number of aryl methyl sites for hydroxylation is 2. The third-order valence-electron chi connectivity index (χ3n) is 3.92. The minimum atomic E-state index is -3.64. The topological polar surface area (TPSA) is 72.2 Å². The smallest absolute Gasteiger partial charge is 0.271 e. The van der Waals surface area contributed by atoms with Crippen molar-refractivity contribution in [3.63, 3.8) is 0 Å². The molecule has 0 amide bonds. The number of benzene rings is 1. The number of sulfonamides is 1. The summed E-state index contributed by atoms with van der Waals surface area (Å²) < 4.78 is 33.7. The van der Waals surface area contributed by atoms with Gasteiger partial charge in [0.05, 0.1) is 21.8 Å². The number of furan rings is 1. The first kappa shape index (κ1) is 18.0. The minimum absolute atomic E-state index is 0.276. The molecule has 27 heavy (non-hydrogen) atoms. The van der Waals surface area contributed by atoms with Crippen molar-refractivity contribution in [3.05, 3.63) is 65.5 Å². The molecule has 0 aliphatic rings. The quantitative estimate of drug-likeness (QED) is 0.463. The number of nitrogens with zero attached hydrogens (tertiary/aromatic N) is 1. The van der Waals surface area contributed by atoms with Gasteiger partial charge in [0.15, 0.2) is 0 Å². The normalized spacial score (nSPS) is 11.6. The van der Waals surface area contributed by atoms with E-state index >= 15 is 0 Å². The molecule has 1 aromatic carbocycles. The Morgan fingerprint density at radius 3 is 2.41 bits per heavy atom. The van der Waals surface area contributed by atoms with E-state index in [1.165, 1.54) is 11.3 Å². The second kappa shape index (κ2) is 6.95. The van der Waals surface area contributed by atoms with Crippen LogP contribution in [0, 0.1) is 13.8 Å². The molecule has 1 N–H and O–H groups in total. The molecular formula is C19H16N2O3S3. The van der Waals surface area contributed by atoms with Gasteiger partial charge < -0.3 is 4.42 Å². The van der Waals surface area contributed by atoms with Crippen LogP contribution < -0.4 is 4.72 Å². The number of anilines is 1. The molecule has 0 aliphatic carbocycles. The van der Waals surface area contributed by atoms with Gasteiger partial charge in [-0.05, 0) is 62.4 Å². The first-order valence-electron chi connectivity index (χ1n) is 8.13. The summed E-state index contributed by atoms with van der Waals surface area (Å²) in [6.07, 6.45) is 1.60. The van der Waals surface area contributed by atoms with Crippen molar-refractivity contribution in [2.75, 3.05) is 4.72 Å². The Balaban J connectivity index is 1.56. The van der Waals surface area contributed by atoms with Crippen LogP contribution in [0.1, 0.15) is 10.7 Å². The van der Waals surface area contributed by atoms with Crippen LogP contribution in [0.15, 0.2) is 63.4 Å². The van der Waals surface area contributed by atoms with Crippen molar-refractivity contribution in [1.29, 1.82) is 0 Å². The summed E-state index contributed by atoms with van der Waals surface area (Å²) in [6.45, 7) is 3.88. The lowest BCUT2D eigenvalue weighted by molar-refractivity contribution is 0.582. The van der Waals surface area contributed by atoms with Gasteiger partial charge in [-0.1, -0.05) is 0 Å². The van der Waals surface area contributed by atoms with Crippen LogP contribution in [0.3, 0.4) is 0 Å². The van der Waals surface area contributed by atoms with E-state index in [1.54, 1.807) is 35.8 Å². The van der Waals surface area contributed by atoms with Crippen molar-refractivity contribution in [3.8, 4) is 21.1 Å². The van der Waals surface area contributed by atoms with E-state index in [1.807, 2.05) is 44.2 Å². The van der Waals surface area contributed by atoms with E-state index in [2.05, 4.69) is 9.71 Å². The molecule has 8 heteroatoms. The Bertz CT molecular complexity index is 1170. The average molecular weight is 417 g/mol. The summed E-state index contributed by atoms with van der Waals surface area (Å²) in [4.78, 5) is 6.33. The molecule has 0 fully saturated rings. The lowest BCUT2D eigenvalue weighted by atomic mass is 10.1. The van der Waals surface area contributed by atoms with Gasteiger partial charge in [-0.25, -0.2) is 13.4 Å². The Kier molecular flexibility index (Phi) is 4.63. The van der Waals surface area contributed by atoms with Crippen molar-refractivity contribution < 1.29 is 12.8 Å². The van der Waals surface area contributed by atoms with Crippen LogP contribution in [0.25, 0.3) is 21.1 Å². The molecule has 3 heterocycles. The van der Waals surface area contributed by atoms with Gasteiger partial charge in [-0.2, -0.15) is 0 Å². The largest absolute Gasteiger partial charge is 0.464 e. The summed E-state index contributed by atoms with van der Waals surface area (Å²) in [5.74, 6) is 0.738. The maximum absolute atomic E-state index is 12.7. The number of thiophene rings is 1. The molecule has 0 unspecified atom stereocenters. The van der Waals surface area contributed by atoms with Crippen molar-refractivity contribution in [1.82, 2.24) is 4.98 Å². The first-order valence-corrected chi connectivity index (χ1v) is 11.2. The van der Waals surface area contributed by atoms with Gasteiger partial charge in [0, 0.05) is 16.1 Å². The molecule has 4 aromatic rings. The van der Waals surface area contributed by atoms with Crippen LogP contribution in [0.4, 0.5) is 5.69 Å². The summed E-state index contributed by atoms with van der Waals surface area (Å²) in [7, 11) is -3.64. The molecule has 0 saturated carbocycles. The van der Waals surface area contributed by atoms with E-state index in [0.717, 1.165) is 31.8 Å². The third-order valence-corrected chi connectivity index (χ3v) is 8.13. The number of nitrogens with one attached hydrogen (secondary N) is 1. The maximum atomic E-state index is 12.7. The number of aromatic nitrogens is 1. The van der Waals surface area contributed by atoms with E-state index in [9.17, 15) is 8.42 Å². The predicted molar refractivity (Wildman–Crippen MR) is 110 cm³/mol. The Morgan fingerprint density at radius 1 is 1.00 bits per heavy atom. The lowest BCUT2D eigenvalue weighted by Gasteiger charge is -2.06. The van der Waals surface area contributed by atoms with Crippen LogP contribution in [-0.2, 0) is 10.0 Å². The van der Waals surface area contributed by atoms with Crippen molar-refractivity contribution >= 4 is 38.4 Å². The Labute approximate surface area is 165 Å². The fourth-order valence-corrected chi connectivity index (χ4v) is 6.14. The zero-order valence-electron chi connectivity index (χ0n) is 14.6. The van der Waals surface area contributed by atoms with E-state index < -0.39 is 10.0 Å². The molecular weight excluding hydrogens is 400 g/mol. The van der Waals surface area contributed by atoms with E-state index in [0.29, 0.717) is 5.69 Å². The molecule has 0 spiro atoms. The number of rotatable bonds is 5. The van der Waals surface area contributed by atoms with Crippen molar-refractivity contribution in [2.45, 2.75) is 18.1 Å². The zero-order chi connectivity index (χ0) is 19.0. The number of thiazole rings is 1. The Hall–Kier alpha value is -2.42. The monoisotopic (exact) mass is 416 g/mol. The van der Waals surface area contributed by atoms with Gasteiger partial charge in [-0.15, -0.1) is 22.7 Å². The fourth-order valence-electron chi connectivity index (χ4n) is 2.70. The molecule has 0 radical (unpaired) electrons. The SMILES string of the molecule is Cc1nc(C)c(-c2ccc(S(=O)(=O)Nc3ccc(-c4ccco4)cc3)s2)s1. The van der Waals surface area contributed by atoms with Gasteiger partial charge in [0.25, 0.3) is 10.0 Å². The molecule has 138 valence electrons. The van der Waals surface area contributed by atoms with Crippen LogP contribution in [-0.4, -0.2) is 13.4 Å². The lowest BCUT2D eigenvalue weighted by Crippen LogP contribution is -2.11. The molecule has 0 saturated heterocycles. The summed E-state index contributed by atoms with van der Waals surface area (Å²) in [5, 5.41) is 0.968. The third kappa shape index (κ3) is 3.69.